The maximum atomic E-state index is 12.8. The molecule has 2 aromatic heterocycles. The minimum atomic E-state index is -0.354. The van der Waals surface area contributed by atoms with Gasteiger partial charge in [0.2, 0.25) is 0 Å². The highest BCUT2D eigenvalue weighted by atomic mass is 16.3. The van der Waals surface area contributed by atoms with Crippen LogP contribution in [0.15, 0.2) is 63.8 Å². The van der Waals surface area contributed by atoms with E-state index in [0.29, 0.717) is 17.8 Å². The maximum Gasteiger partial charge on any atom is 0.291 e. The van der Waals surface area contributed by atoms with Gasteiger partial charge in [-0.05, 0) is 74.8 Å². The number of nitrogens with zero attached hydrogens (tertiary/aromatic N) is 1. The third kappa shape index (κ3) is 4.46. The Morgan fingerprint density at radius 1 is 1.03 bits per heavy atom. The van der Waals surface area contributed by atoms with Gasteiger partial charge in [0.15, 0.2) is 5.76 Å². The van der Waals surface area contributed by atoms with Crippen LogP contribution in [-0.2, 0) is 0 Å². The smallest absolute Gasteiger partial charge is 0.291 e. The molecule has 0 aliphatic carbocycles. The molecule has 7 heteroatoms. The van der Waals surface area contributed by atoms with Crippen LogP contribution in [0.4, 0.5) is 5.69 Å². The molecular formula is C23H25N3O4. The molecule has 2 amide bonds. The van der Waals surface area contributed by atoms with Crippen LogP contribution in [0.5, 0.6) is 0 Å². The average Bonchev–Trinajstić information content (AvgIpc) is 3.52. The molecule has 0 saturated carbocycles. The second-order valence-corrected chi connectivity index (χ2v) is 7.45. The fourth-order valence-corrected chi connectivity index (χ4v) is 3.72. The van der Waals surface area contributed by atoms with Gasteiger partial charge in [0, 0.05) is 17.8 Å². The van der Waals surface area contributed by atoms with E-state index < -0.39 is 0 Å². The van der Waals surface area contributed by atoms with Crippen molar-refractivity contribution in [3.63, 3.8) is 0 Å². The van der Waals surface area contributed by atoms with Crippen molar-refractivity contribution < 1.29 is 18.4 Å². The number of hydrogen-bond donors (Lipinski definition) is 2. The van der Waals surface area contributed by atoms with E-state index in [0.717, 1.165) is 37.3 Å². The summed E-state index contributed by atoms with van der Waals surface area (Å²) in [5.41, 5.74) is 1.91. The van der Waals surface area contributed by atoms with Crippen LogP contribution in [0.2, 0.25) is 0 Å². The summed E-state index contributed by atoms with van der Waals surface area (Å²) in [6.45, 7) is 4.32. The molecule has 1 saturated heterocycles. The molecule has 7 nitrogen and oxygen atoms in total. The molecule has 0 spiro atoms. The van der Waals surface area contributed by atoms with Crippen molar-refractivity contribution in [1.29, 1.82) is 0 Å². The van der Waals surface area contributed by atoms with E-state index in [-0.39, 0.29) is 23.6 Å². The zero-order valence-electron chi connectivity index (χ0n) is 16.9. The van der Waals surface area contributed by atoms with Gasteiger partial charge in [-0.2, -0.15) is 0 Å². The van der Waals surface area contributed by atoms with Crippen LogP contribution in [0.25, 0.3) is 0 Å². The third-order valence-electron chi connectivity index (χ3n) is 5.40. The summed E-state index contributed by atoms with van der Waals surface area (Å²) < 4.78 is 10.7. The summed E-state index contributed by atoms with van der Waals surface area (Å²) in [5, 5.41) is 5.82. The highest BCUT2D eigenvalue weighted by Gasteiger charge is 2.26. The van der Waals surface area contributed by atoms with Crippen molar-refractivity contribution in [1.82, 2.24) is 10.2 Å². The summed E-state index contributed by atoms with van der Waals surface area (Å²) >= 11 is 0. The Morgan fingerprint density at radius 2 is 1.80 bits per heavy atom. The van der Waals surface area contributed by atoms with Gasteiger partial charge >= 0.3 is 0 Å². The Morgan fingerprint density at radius 3 is 2.50 bits per heavy atom. The number of carbonyl (C=O) groups excluding carboxylic acids is 2. The van der Waals surface area contributed by atoms with Gasteiger partial charge in [0.1, 0.15) is 5.76 Å². The van der Waals surface area contributed by atoms with Crippen molar-refractivity contribution in [2.24, 2.45) is 0 Å². The van der Waals surface area contributed by atoms with Crippen LogP contribution >= 0.6 is 0 Å². The Kier molecular flexibility index (Phi) is 5.99. The third-order valence-corrected chi connectivity index (χ3v) is 5.40. The SMILES string of the molecule is Cc1ccc(C(=O)NCC(c2ccco2)N2CCCC2)cc1NC(=O)c1ccco1. The summed E-state index contributed by atoms with van der Waals surface area (Å²) in [5.74, 6) is 0.524. The van der Waals surface area contributed by atoms with Gasteiger partial charge in [-0.1, -0.05) is 6.07 Å². The lowest BCUT2D eigenvalue weighted by Gasteiger charge is -2.26. The lowest BCUT2D eigenvalue weighted by Crippen LogP contribution is -2.36. The molecule has 0 radical (unpaired) electrons. The van der Waals surface area contributed by atoms with Crippen LogP contribution < -0.4 is 10.6 Å². The highest BCUT2D eigenvalue weighted by molar-refractivity contribution is 6.03. The lowest BCUT2D eigenvalue weighted by atomic mass is 10.1. The predicted molar refractivity (Wildman–Crippen MR) is 112 cm³/mol. The first-order chi connectivity index (χ1) is 14.6. The molecule has 1 aliphatic heterocycles. The first kappa shape index (κ1) is 20.0. The lowest BCUT2D eigenvalue weighted by molar-refractivity contribution is 0.0932. The Labute approximate surface area is 175 Å². The number of rotatable bonds is 7. The molecule has 1 fully saturated rings. The van der Waals surface area contributed by atoms with Crippen molar-refractivity contribution in [2.45, 2.75) is 25.8 Å². The Balaban J connectivity index is 1.44. The minimum absolute atomic E-state index is 0.00928. The fourth-order valence-electron chi connectivity index (χ4n) is 3.72. The van der Waals surface area contributed by atoms with E-state index in [1.54, 1.807) is 30.5 Å². The number of benzene rings is 1. The van der Waals surface area contributed by atoms with Crippen LogP contribution in [0, 0.1) is 6.92 Å². The average molecular weight is 407 g/mol. The number of furan rings is 2. The standard InChI is InChI=1S/C23H25N3O4/c1-16-8-9-17(14-18(16)25-23(28)21-7-5-13-30-21)22(27)24-15-19(20-6-4-12-29-20)26-10-2-3-11-26/h4-9,12-14,19H,2-3,10-11,15H2,1H3,(H,24,27)(H,25,28). The van der Waals surface area contributed by atoms with Crippen molar-refractivity contribution >= 4 is 17.5 Å². The van der Waals surface area contributed by atoms with Gasteiger partial charge in [-0.15, -0.1) is 0 Å². The molecule has 1 aromatic carbocycles. The largest absolute Gasteiger partial charge is 0.468 e. The molecule has 0 bridgehead atoms. The molecule has 30 heavy (non-hydrogen) atoms. The first-order valence-corrected chi connectivity index (χ1v) is 10.1. The van der Waals surface area contributed by atoms with Crippen molar-refractivity contribution in [3.05, 3.63) is 77.6 Å². The number of aryl methyl sites for hydroxylation is 1. The highest BCUT2D eigenvalue weighted by Crippen LogP contribution is 2.25. The van der Waals surface area contributed by atoms with Gasteiger partial charge in [-0.3, -0.25) is 14.5 Å². The molecule has 3 heterocycles. The predicted octanol–water partition coefficient (Wildman–Crippen LogP) is 4.00. The Hall–Kier alpha value is -3.32. The van der Waals surface area contributed by atoms with Crippen molar-refractivity contribution in [2.75, 3.05) is 25.0 Å². The number of nitrogens with one attached hydrogen (secondary N) is 2. The monoisotopic (exact) mass is 407 g/mol. The zero-order chi connectivity index (χ0) is 20.9. The number of amides is 2. The molecule has 1 atom stereocenters. The molecular weight excluding hydrogens is 382 g/mol. The number of likely N-dealkylation sites (tertiary alicyclic amines) is 1. The van der Waals surface area contributed by atoms with Gasteiger partial charge in [0.25, 0.3) is 11.8 Å². The Bertz CT molecular complexity index is 990. The summed E-state index contributed by atoms with van der Waals surface area (Å²) in [7, 11) is 0. The minimum Gasteiger partial charge on any atom is -0.468 e. The van der Waals surface area contributed by atoms with Crippen LogP contribution in [0.3, 0.4) is 0 Å². The number of anilines is 1. The summed E-state index contributed by atoms with van der Waals surface area (Å²) in [4.78, 5) is 27.4. The topological polar surface area (TPSA) is 87.7 Å². The normalized spacial score (nSPS) is 15.1. The molecule has 156 valence electrons. The number of carbonyl (C=O) groups is 2. The molecule has 1 aliphatic rings. The van der Waals surface area contributed by atoms with Gasteiger partial charge < -0.3 is 19.5 Å². The number of hydrogen-bond acceptors (Lipinski definition) is 5. The molecule has 2 N–H and O–H groups in total. The van der Waals surface area contributed by atoms with Gasteiger partial charge in [0.05, 0.1) is 18.6 Å². The fraction of sp³-hybridized carbons (Fsp3) is 0.304. The van der Waals surface area contributed by atoms with Crippen LogP contribution in [0.1, 0.15) is 51.1 Å². The second kappa shape index (κ2) is 9.00. The van der Waals surface area contributed by atoms with E-state index in [4.69, 9.17) is 8.83 Å². The van der Waals surface area contributed by atoms with Crippen LogP contribution in [-0.4, -0.2) is 36.3 Å². The maximum absolute atomic E-state index is 12.8. The van der Waals surface area contributed by atoms with E-state index in [1.807, 2.05) is 25.1 Å². The molecule has 1 unspecified atom stereocenters. The first-order valence-electron chi connectivity index (χ1n) is 10.1. The quantitative estimate of drug-likeness (QED) is 0.618. The van der Waals surface area contributed by atoms with Crippen molar-refractivity contribution in [3.8, 4) is 0 Å². The summed E-state index contributed by atoms with van der Waals surface area (Å²) in [6.07, 6.45) is 5.42. The summed E-state index contributed by atoms with van der Waals surface area (Å²) in [6, 6.07) is 12.3. The zero-order valence-corrected chi connectivity index (χ0v) is 16.9. The van der Waals surface area contributed by atoms with E-state index >= 15 is 0 Å². The molecule has 3 aromatic rings. The van der Waals surface area contributed by atoms with E-state index in [1.165, 1.54) is 6.26 Å². The molecule has 4 rings (SSSR count). The second-order valence-electron chi connectivity index (χ2n) is 7.45. The van der Waals surface area contributed by atoms with Gasteiger partial charge in [-0.25, -0.2) is 0 Å². The van der Waals surface area contributed by atoms with E-state index in [2.05, 4.69) is 15.5 Å². The van der Waals surface area contributed by atoms with E-state index in [9.17, 15) is 9.59 Å².